The number of ether oxygens (including phenoxy) is 1. The van der Waals surface area contributed by atoms with Gasteiger partial charge in [-0.15, -0.1) is 0 Å². The summed E-state index contributed by atoms with van der Waals surface area (Å²) in [6.45, 7) is 2.78. The average Bonchev–Trinajstić information content (AvgIpc) is 2.46. The van der Waals surface area contributed by atoms with Crippen LogP contribution in [-0.4, -0.2) is 6.10 Å². The maximum atomic E-state index is 8.81. The van der Waals surface area contributed by atoms with Crippen molar-refractivity contribution in [3.63, 3.8) is 0 Å². The molecule has 0 bridgehead atoms. The van der Waals surface area contributed by atoms with Crippen LogP contribution in [0.4, 0.5) is 0 Å². The van der Waals surface area contributed by atoms with E-state index < -0.39 is 0 Å². The average molecular weight is 278 g/mol. The fraction of sp³-hybridized carbons (Fsp3) is 0.562. The van der Waals surface area contributed by atoms with Gasteiger partial charge in [0.2, 0.25) is 0 Å². The van der Waals surface area contributed by atoms with Crippen molar-refractivity contribution in [3.8, 4) is 6.07 Å². The lowest BCUT2D eigenvalue weighted by atomic mass is 9.85. The summed E-state index contributed by atoms with van der Waals surface area (Å²) in [4.78, 5) is 0. The van der Waals surface area contributed by atoms with Crippen LogP contribution in [-0.2, 0) is 11.3 Å². The Hall–Kier alpha value is -1.04. The fourth-order valence-electron chi connectivity index (χ4n) is 2.79. The summed E-state index contributed by atoms with van der Waals surface area (Å²) < 4.78 is 6.06. The third kappa shape index (κ3) is 3.72. The van der Waals surface area contributed by atoms with Crippen molar-refractivity contribution < 1.29 is 4.74 Å². The number of nitriles is 1. The first-order valence-electron chi connectivity index (χ1n) is 7.04. The van der Waals surface area contributed by atoms with Gasteiger partial charge in [0.1, 0.15) is 0 Å². The predicted molar refractivity (Wildman–Crippen MR) is 77.0 cm³/mol. The molecule has 0 radical (unpaired) electrons. The van der Waals surface area contributed by atoms with E-state index in [1.807, 2.05) is 6.07 Å². The number of rotatable bonds is 4. The first kappa shape index (κ1) is 14.4. The third-order valence-corrected chi connectivity index (χ3v) is 4.35. The topological polar surface area (TPSA) is 33.0 Å². The van der Waals surface area contributed by atoms with Gasteiger partial charge in [0, 0.05) is 5.02 Å². The van der Waals surface area contributed by atoms with Gasteiger partial charge in [-0.1, -0.05) is 43.9 Å². The minimum absolute atomic E-state index is 0.366. The highest BCUT2D eigenvalue weighted by Gasteiger charge is 2.24. The Morgan fingerprint density at radius 1 is 1.37 bits per heavy atom. The quantitative estimate of drug-likeness (QED) is 0.799. The van der Waals surface area contributed by atoms with E-state index in [-0.39, 0.29) is 0 Å². The molecular weight excluding hydrogens is 258 g/mol. The molecule has 0 amide bonds. The Morgan fingerprint density at radius 3 is 2.84 bits per heavy atom. The van der Waals surface area contributed by atoms with Crippen LogP contribution in [0.5, 0.6) is 0 Å². The lowest BCUT2D eigenvalue weighted by molar-refractivity contribution is -0.0221. The second kappa shape index (κ2) is 6.93. The Bertz CT molecular complexity index is 466. The number of nitrogens with zero attached hydrogens (tertiary/aromatic N) is 1. The lowest BCUT2D eigenvalue weighted by Gasteiger charge is -2.30. The van der Waals surface area contributed by atoms with Crippen LogP contribution >= 0.6 is 11.6 Å². The first-order chi connectivity index (χ1) is 9.24. The van der Waals surface area contributed by atoms with Gasteiger partial charge in [0.05, 0.1) is 24.3 Å². The summed E-state index contributed by atoms with van der Waals surface area (Å²) in [5, 5.41) is 9.44. The number of halogens is 1. The van der Waals surface area contributed by atoms with Crippen molar-refractivity contribution in [1.82, 2.24) is 0 Å². The Labute approximate surface area is 120 Å². The zero-order chi connectivity index (χ0) is 13.7. The molecule has 19 heavy (non-hydrogen) atoms. The summed E-state index contributed by atoms with van der Waals surface area (Å²) in [7, 11) is 0. The van der Waals surface area contributed by atoms with Gasteiger partial charge in [-0.05, 0) is 36.5 Å². The molecule has 1 aliphatic rings. The highest BCUT2D eigenvalue weighted by molar-refractivity contribution is 6.31. The number of benzene rings is 1. The zero-order valence-electron chi connectivity index (χ0n) is 11.4. The molecule has 0 N–H and O–H groups in total. The molecule has 0 aliphatic heterocycles. The molecule has 1 fully saturated rings. The summed E-state index contributed by atoms with van der Waals surface area (Å²) in [6, 6.07) is 7.49. The van der Waals surface area contributed by atoms with Crippen LogP contribution in [0, 0.1) is 17.2 Å². The van der Waals surface area contributed by atoms with Crippen LogP contribution in [0.25, 0.3) is 0 Å². The largest absolute Gasteiger partial charge is 0.373 e. The fourth-order valence-corrected chi connectivity index (χ4v) is 3.03. The monoisotopic (exact) mass is 277 g/mol. The van der Waals surface area contributed by atoms with Gasteiger partial charge < -0.3 is 4.74 Å². The van der Waals surface area contributed by atoms with Gasteiger partial charge in [-0.2, -0.15) is 5.26 Å². The molecule has 2 nitrogen and oxygen atoms in total. The molecule has 3 heteroatoms. The predicted octanol–water partition coefficient (Wildman–Crippen LogP) is 4.70. The molecule has 1 aromatic carbocycles. The van der Waals surface area contributed by atoms with Crippen LogP contribution in [0.2, 0.25) is 5.02 Å². The van der Waals surface area contributed by atoms with E-state index in [0.717, 1.165) is 12.0 Å². The van der Waals surface area contributed by atoms with E-state index >= 15 is 0 Å². The van der Waals surface area contributed by atoms with Crippen LogP contribution in [0.3, 0.4) is 0 Å². The molecule has 1 aliphatic carbocycles. The Balaban J connectivity index is 1.96. The summed E-state index contributed by atoms with van der Waals surface area (Å²) in [5.74, 6) is 0.686. The molecule has 102 valence electrons. The lowest BCUT2D eigenvalue weighted by Crippen LogP contribution is -2.27. The molecule has 0 saturated heterocycles. The van der Waals surface area contributed by atoms with E-state index in [4.69, 9.17) is 21.6 Å². The van der Waals surface area contributed by atoms with E-state index in [2.05, 4.69) is 13.0 Å². The maximum absolute atomic E-state index is 8.81. The first-order valence-corrected chi connectivity index (χ1v) is 7.42. The van der Waals surface area contributed by atoms with Crippen LogP contribution < -0.4 is 0 Å². The van der Waals surface area contributed by atoms with E-state index in [1.165, 1.54) is 25.7 Å². The molecular formula is C16H20ClNO. The Kier molecular flexibility index (Phi) is 5.24. The molecule has 0 spiro atoms. The molecule has 0 aromatic heterocycles. The van der Waals surface area contributed by atoms with Gasteiger partial charge in [0.25, 0.3) is 0 Å². The normalized spacial score (nSPS) is 23.0. The van der Waals surface area contributed by atoms with Crippen molar-refractivity contribution in [1.29, 1.82) is 5.26 Å². The summed E-state index contributed by atoms with van der Waals surface area (Å²) in [5.41, 5.74) is 1.57. The maximum Gasteiger partial charge on any atom is 0.0992 e. The van der Waals surface area contributed by atoms with Gasteiger partial charge in [-0.25, -0.2) is 0 Å². The number of hydrogen-bond donors (Lipinski definition) is 0. The van der Waals surface area contributed by atoms with Crippen molar-refractivity contribution in [3.05, 3.63) is 34.3 Å². The molecule has 1 saturated carbocycles. The highest BCUT2D eigenvalue weighted by Crippen LogP contribution is 2.30. The van der Waals surface area contributed by atoms with Crippen molar-refractivity contribution in [2.75, 3.05) is 0 Å². The highest BCUT2D eigenvalue weighted by atomic mass is 35.5. The Morgan fingerprint density at radius 2 is 2.16 bits per heavy atom. The summed E-state index contributed by atoms with van der Waals surface area (Å²) >= 11 is 6.17. The van der Waals surface area contributed by atoms with Crippen LogP contribution in [0.1, 0.15) is 50.2 Å². The minimum atomic E-state index is 0.366. The SMILES string of the molecule is CCC1CCCCC1OCc1ccc(C#N)cc1Cl. The molecule has 2 atom stereocenters. The second-order valence-corrected chi connectivity index (χ2v) is 5.63. The number of hydrogen-bond acceptors (Lipinski definition) is 2. The van der Waals surface area contributed by atoms with Gasteiger partial charge in [0.15, 0.2) is 0 Å². The standard InChI is InChI=1S/C16H20ClNO/c1-2-13-5-3-4-6-16(13)19-11-14-8-7-12(10-18)9-15(14)17/h7-9,13,16H,2-6,11H2,1H3. The second-order valence-electron chi connectivity index (χ2n) is 5.22. The van der Waals surface area contributed by atoms with E-state index in [1.54, 1.807) is 12.1 Å². The van der Waals surface area contributed by atoms with Crippen LogP contribution in [0.15, 0.2) is 18.2 Å². The molecule has 1 aromatic rings. The van der Waals surface area contributed by atoms with Crippen molar-refractivity contribution >= 4 is 11.6 Å². The molecule has 2 rings (SSSR count). The molecule has 2 unspecified atom stereocenters. The van der Waals surface area contributed by atoms with Crippen molar-refractivity contribution in [2.45, 2.75) is 51.7 Å². The summed E-state index contributed by atoms with van der Waals surface area (Å²) in [6.07, 6.45) is 6.59. The van der Waals surface area contributed by atoms with E-state index in [0.29, 0.717) is 29.2 Å². The third-order valence-electron chi connectivity index (χ3n) is 4.00. The van der Waals surface area contributed by atoms with Gasteiger partial charge in [-0.3, -0.25) is 0 Å². The van der Waals surface area contributed by atoms with Gasteiger partial charge >= 0.3 is 0 Å². The van der Waals surface area contributed by atoms with E-state index in [9.17, 15) is 0 Å². The molecule has 0 heterocycles. The zero-order valence-corrected chi connectivity index (χ0v) is 12.1. The van der Waals surface area contributed by atoms with Crippen molar-refractivity contribution in [2.24, 2.45) is 5.92 Å². The smallest absolute Gasteiger partial charge is 0.0992 e. The minimum Gasteiger partial charge on any atom is -0.373 e.